The lowest BCUT2D eigenvalue weighted by atomic mass is 10.1. The van der Waals surface area contributed by atoms with E-state index in [0.717, 1.165) is 18.9 Å². The highest BCUT2D eigenvalue weighted by Gasteiger charge is 2.34. The predicted octanol–water partition coefficient (Wildman–Crippen LogP) is 2.35. The van der Waals surface area contributed by atoms with Gasteiger partial charge in [-0.15, -0.1) is 0 Å². The van der Waals surface area contributed by atoms with Crippen molar-refractivity contribution in [3.8, 4) is 0 Å². The van der Waals surface area contributed by atoms with E-state index in [0.29, 0.717) is 18.7 Å². The number of anilines is 1. The van der Waals surface area contributed by atoms with E-state index in [1.54, 1.807) is 12.0 Å². The van der Waals surface area contributed by atoms with Crippen LogP contribution in [0.4, 0.5) is 19.0 Å². The number of ether oxygens (including phenoxy) is 1. The van der Waals surface area contributed by atoms with Crippen molar-refractivity contribution in [2.75, 3.05) is 25.1 Å². The molecular weight excluding hydrogens is 303 g/mol. The number of alkyl halides is 3. The number of rotatable bonds is 3. The van der Waals surface area contributed by atoms with Gasteiger partial charge in [-0.05, 0) is 25.0 Å². The van der Waals surface area contributed by atoms with Crippen molar-refractivity contribution in [2.24, 2.45) is 5.73 Å². The molecule has 0 unspecified atom stereocenters. The molecule has 0 aliphatic carbocycles. The second kappa shape index (κ2) is 6.15. The Balaban J connectivity index is 2.33. The Morgan fingerprint density at radius 2 is 2.00 bits per heavy atom. The van der Waals surface area contributed by atoms with Gasteiger partial charge >= 0.3 is 6.18 Å². The molecule has 21 heavy (non-hydrogen) atoms. The first-order valence-electron chi connectivity index (χ1n) is 6.48. The summed E-state index contributed by atoms with van der Waals surface area (Å²) in [6, 6.07) is 2.19. The minimum absolute atomic E-state index is 0.0417. The highest BCUT2D eigenvalue weighted by molar-refractivity contribution is 7.80. The predicted molar refractivity (Wildman–Crippen MR) is 77.4 cm³/mol. The molecule has 2 heterocycles. The summed E-state index contributed by atoms with van der Waals surface area (Å²) >= 11 is 4.91. The molecule has 0 radical (unpaired) electrons. The summed E-state index contributed by atoms with van der Waals surface area (Å²) in [4.78, 5) is 5.55. The van der Waals surface area contributed by atoms with Crippen molar-refractivity contribution >= 4 is 23.0 Å². The molecule has 4 nitrogen and oxygen atoms in total. The number of piperidine rings is 1. The fraction of sp³-hybridized carbons (Fsp3) is 0.538. The van der Waals surface area contributed by atoms with Crippen LogP contribution in [0.25, 0.3) is 0 Å². The third kappa shape index (κ3) is 3.62. The Kier molecular flexibility index (Phi) is 4.67. The summed E-state index contributed by atoms with van der Waals surface area (Å²) in [6.45, 7) is 1.12. The second-order valence-electron chi connectivity index (χ2n) is 4.85. The van der Waals surface area contributed by atoms with E-state index in [9.17, 15) is 13.2 Å². The lowest BCUT2D eigenvalue weighted by Gasteiger charge is -2.33. The number of methoxy groups -OCH3 is 1. The summed E-state index contributed by atoms with van der Waals surface area (Å²) in [5.41, 5.74) is 5.02. The topological polar surface area (TPSA) is 51.4 Å². The minimum atomic E-state index is -4.49. The number of pyridine rings is 1. The van der Waals surface area contributed by atoms with Crippen LogP contribution < -0.4 is 10.6 Å². The van der Waals surface area contributed by atoms with Crippen LogP contribution in [-0.4, -0.2) is 36.3 Å². The average Bonchev–Trinajstić information content (AvgIpc) is 2.45. The van der Waals surface area contributed by atoms with Crippen LogP contribution in [0.3, 0.4) is 0 Å². The van der Waals surface area contributed by atoms with Gasteiger partial charge in [-0.3, -0.25) is 0 Å². The van der Waals surface area contributed by atoms with E-state index in [1.165, 1.54) is 6.07 Å². The zero-order chi connectivity index (χ0) is 15.6. The van der Waals surface area contributed by atoms with E-state index < -0.39 is 11.9 Å². The van der Waals surface area contributed by atoms with Crippen molar-refractivity contribution in [2.45, 2.75) is 25.1 Å². The van der Waals surface area contributed by atoms with E-state index in [-0.39, 0.29) is 16.9 Å². The summed E-state index contributed by atoms with van der Waals surface area (Å²) < 4.78 is 43.7. The lowest BCUT2D eigenvalue weighted by molar-refractivity contribution is -0.141. The number of halogens is 3. The van der Waals surface area contributed by atoms with Crippen LogP contribution in [0.5, 0.6) is 0 Å². The molecule has 1 aromatic rings. The van der Waals surface area contributed by atoms with E-state index in [1.807, 2.05) is 0 Å². The number of hydrogen-bond acceptors (Lipinski definition) is 4. The molecule has 116 valence electrons. The van der Waals surface area contributed by atoms with Crippen molar-refractivity contribution in [3.05, 3.63) is 23.4 Å². The van der Waals surface area contributed by atoms with Gasteiger partial charge in [0, 0.05) is 20.2 Å². The normalized spacial score (nSPS) is 17.0. The van der Waals surface area contributed by atoms with Crippen LogP contribution in [0.1, 0.15) is 24.1 Å². The monoisotopic (exact) mass is 319 g/mol. The van der Waals surface area contributed by atoms with Crippen LogP contribution in [-0.2, 0) is 10.9 Å². The Morgan fingerprint density at radius 1 is 1.38 bits per heavy atom. The van der Waals surface area contributed by atoms with Crippen LogP contribution in [0.15, 0.2) is 12.1 Å². The number of aromatic nitrogens is 1. The highest BCUT2D eigenvalue weighted by atomic mass is 32.1. The molecule has 0 atom stereocenters. The maximum Gasteiger partial charge on any atom is 0.433 e. The van der Waals surface area contributed by atoms with Crippen LogP contribution >= 0.6 is 12.2 Å². The fourth-order valence-electron chi connectivity index (χ4n) is 2.34. The molecule has 1 aliphatic rings. The molecule has 1 fully saturated rings. The molecule has 1 aromatic heterocycles. The van der Waals surface area contributed by atoms with E-state index >= 15 is 0 Å². The molecule has 8 heteroatoms. The Hall–Kier alpha value is -1.41. The van der Waals surface area contributed by atoms with Gasteiger partial charge in [0.15, 0.2) is 0 Å². The van der Waals surface area contributed by atoms with Crippen molar-refractivity contribution in [1.29, 1.82) is 0 Å². The molecule has 0 bridgehead atoms. The first kappa shape index (κ1) is 16.0. The zero-order valence-corrected chi connectivity index (χ0v) is 12.3. The van der Waals surface area contributed by atoms with E-state index in [4.69, 9.17) is 22.7 Å². The van der Waals surface area contributed by atoms with Gasteiger partial charge in [0.05, 0.1) is 11.7 Å². The van der Waals surface area contributed by atoms with Crippen molar-refractivity contribution < 1.29 is 17.9 Å². The number of hydrogen-bond donors (Lipinski definition) is 1. The Labute approximate surface area is 126 Å². The van der Waals surface area contributed by atoms with E-state index in [2.05, 4.69) is 4.98 Å². The molecule has 2 rings (SSSR count). The number of nitrogens with two attached hydrogens (primary N) is 1. The maximum absolute atomic E-state index is 12.8. The third-order valence-corrected chi connectivity index (χ3v) is 3.73. The lowest BCUT2D eigenvalue weighted by Crippen LogP contribution is -2.38. The summed E-state index contributed by atoms with van der Waals surface area (Å²) in [5, 5.41) is 0. The largest absolute Gasteiger partial charge is 0.433 e. The van der Waals surface area contributed by atoms with Gasteiger partial charge in [0.25, 0.3) is 0 Å². The van der Waals surface area contributed by atoms with Crippen molar-refractivity contribution in [3.63, 3.8) is 0 Å². The number of thiocarbonyl (C=S) groups is 1. The first-order chi connectivity index (χ1) is 9.82. The van der Waals surface area contributed by atoms with Gasteiger partial charge in [-0.25, -0.2) is 4.98 Å². The smallest absolute Gasteiger partial charge is 0.389 e. The summed E-state index contributed by atoms with van der Waals surface area (Å²) in [6.07, 6.45) is -2.91. The van der Waals surface area contributed by atoms with Crippen LogP contribution in [0.2, 0.25) is 0 Å². The highest BCUT2D eigenvalue weighted by Crippen LogP contribution is 2.31. The molecular formula is C13H16F3N3OS. The van der Waals surface area contributed by atoms with Gasteiger partial charge in [0.2, 0.25) is 0 Å². The summed E-state index contributed by atoms with van der Waals surface area (Å²) in [7, 11) is 1.63. The maximum atomic E-state index is 12.8. The van der Waals surface area contributed by atoms with Gasteiger partial charge in [-0.2, -0.15) is 13.2 Å². The van der Waals surface area contributed by atoms with Gasteiger partial charge in [0.1, 0.15) is 16.5 Å². The molecule has 0 saturated carbocycles. The SMILES string of the molecule is COC1CCN(c2nc(C(F)(F)F)ccc2C(N)=S)CC1. The molecule has 1 aliphatic heterocycles. The molecule has 1 saturated heterocycles. The average molecular weight is 319 g/mol. The summed E-state index contributed by atoms with van der Waals surface area (Å²) in [5.74, 6) is 0.201. The van der Waals surface area contributed by atoms with Crippen LogP contribution in [0, 0.1) is 0 Å². The molecule has 0 aromatic carbocycles. The second-order valence-corrected chi connectivity index (χ2v) is 5.29. The third-order valence-electron chi connectivity index (χ3n) is 3.51. The number of nitrogens with zero attached hydrogens (tertiary/aromatic N) is 2. The zero-order valence-electron chi connectivity index (χ0n) is 11.5. The van der Waals surface area contributed by atoms with Gasteiger partial charge < -0.3 is 15.4 Å². The Bertz CT molecular complexity index is 528. The standard InChI is InChI=1S/C13H16F3N3OS/c1-20-8-4-6-19(7-5-8)12-9(11(17)21)2-3-10(18-12)13(14,15)16/h2-3,8H,4-7H2,1H3,(H2,17,21). The first-order valence-corrected chi connectivity index (χ1v) is 6.89. The Morgan fingerprint density at radius 3 is 2.48 bits per heavy atom. The minimum Gasteiger partial charge on any atom is -0.389 e. The fourth-order valence-corrected chi connectivity index (χ4v) is 2.50. The molecule has 2 N–H and O–H groups in total. The van der Waals surface area contributed by atoms with Crippen molar-refractivity contribution in [1.82, 2.24) is 4.98 Å². The quantitative estimate of drug-likeness (QED) is 0.867. The van der Waals surface area contributed by atoms with Gasteiger partial charge in [-0.1, -0.05) is 12.2 Å². The molecule has 0 amide bonds. The molecule has 0 spiro atoms.